The fourth-order valence-electron chi connectivity index (χ4n) is 1.27. The summed E-state index contributed by atoms with van der Waals surface area (Å²) in [6, 6.07) is 3.98. The zero-order chi connectivity index (χ0) is 16.5. The van der Waals surface area contributed by atoms with E-state index in [4.69, 9.17) is 0 Å². The molecule has 1 aromatic rings. The van der Waals surface area contributed by atoms with E-state index in [9.17, 15) is 24.5 Å². The summed E-state index contributed by atoms with van der Waals surface area (Å²) >= 11 is 0. The molecule has 118 valence electrons. The van der Waals surface area contributed by atoms with Crippen molar-refractivity contribution in [3.63, 3.8) is 0 Å². The van der Waals surface area contributed by atoms with E-state index in [-0.39, 0.29) is 11.4 Å². The fourth-order valence-corrected chi connectivity index (χ4v) is 1.27. The number of hydrazine groups is 1. The van der Waals surface area contributed by atoms with Gasteiger partial charge in [-0.05, 0) is 6.07 Å². The molecule has 0 saturated carbocycles. The summed E-state index contributed by atoms with van der Waals surface area (Å²) in [5, 5.41) is 17.4. The van der Waals surface area contributed by atoms with Crippen LogP contribution in [0, 0.1) is 10.1 Å². The Labute approximate surface area is 124 Å². The van der Waals surface area contributed by atoms with Gasteiger partial charge in [0, 0.05) is 24.9 Å². The molecule has 0 saturated heterocycles. The molecule has 0 atom stereocenters. The Morgan fingerprint density at radius 2 is 1.91 bits per heavy atom. The molecular formula is C11H14N6O5. The Morgan fingerprint density at radius 1 is 1.18 bits per heavy atom. The van der Waals surface area contributed by atoms with E-state index in [0.29, 0.717) is 0 Å². The summed E-state index contributed by atoms with van der Waals surface area (Å²) < 4.78 is 0. The molecule has 5 amide bonds. The van der Waals surface area contributed by atoms with Gasteiger partial charge in [-0.25, -0.2) is 15.0 Å². The summed E-state index contributed by atoms with van der Waals surface area (Å²) in [5.74, 6) is -0.655. The Morgan fingerprint density at radius 3 is 2.55 bits per heavy atom. The van der Waals surface area contributed by atoms with E-state index < -0.39 is 29.4 Å². The van der Waals surface area contributed by atoms with Gasteiger partial charge in [0.1, 0.15) is 6.54 Å². The van der Waals surface area contributed by atoms with E-state index >= 15 is 0 Å². The molecule has 0 aromatic heterocycles. The van der Waals surface area contributed by atoms with Crippen molar-refractivity contribution in [3.05, 3.63) is 34.4 Å². The molecular weight excluding hydrogens is 296 g/mol. The van der Waals surface area contributed by atoms with Crippen LogP contribution in [0.3, 0.4) is 0 Å². The number of non-ortho nitro benzene ring substituents is 1. The largest absolute Gasteiger partial charge is 0.340 e. The maximum absolute atomic E-state index is 11.5. The van der Waals surface area contributed by atoms with Crippen LogP contribution in [0.4, 0.5) is 21.0 Å². The molecule has 11 nitrogen and oxygen atoms in total. The normalized spacial score (nSPS) is 9.32. The van der Waals surface area contributed by atoms with Crippen molar-refractivity contribution < 1.29 is 19.3 Å². The van der Waals surface area contributed by atoms with Crippen LogP contribution in [0.2, 0.25) is 0 Å². The van der Waals surface area contributed by atoms with Crippen LogP contribution >= 0.6 is 0 Å². The van der Waals surface area contributed by atoms with Crippen LogP contribution in [-0.4, -0.2) is 36.5 Å². The standard InChI is InChI=1S/C11H14N6O5/c1-12-10(19)16-15-9(18)6-13-11(20)14-7-3-2-4-8(5-7)17(21)22/h2-5H,6H2,1H3,(H,15,18)(H2,12,16,19)(H2,13,14,20). The third kappa shape index (κ3) is 5.73. The van der Waals surface area contributed by atoms with Gasteiger partial charge in [0.05, 0.1) is 4.92 Å². The molecule has 0 aliphatic carbocycles. The van der Waals surface area contributed by atoms with E-state index in [1.165, 1.54) is 31.3 Å². The van der Waals surface area contributed by atoms with Crippen molar-refractivity contribution in [3.8, 4) is 0 Å². The first kappa shape index (κ1) is 16.7. The number of nitrogens with one attached hydrogen (secondary N) is 5. The predicted molar refractivity (Wildman–Crippen MR) is 75.9 cm³/mol. The summed E-state index contributed by atoms with van der Waals surface area (Å²) in [6.45, 7) is -0.398. The van der Waals surface area contributed by atoms with E-state index in [2.05, 4.69) is 16.0 Å². The minimum atomic E-state index is -0.726. The molecule has 0 heterocycles. The average molecular weight is 310 g/mol. The minimum absolute atomic E-state index is 0.176. The van der Waals surface area contributed by atoms with Crippen LogP contribution in [0.1, 0.15) is 0 Å². The molecule has 0 aliphatic rings. The second kappa shape index (κ2) is 8.04. The molecule has 1 aromatic carbocycles. The van der Waals surface area contributed by atoms with Crippen molar-refractivity contribution in [2.24, 2.45) is 0 Å². The lowest BCUT2D eigenvalue weighted by atomic mass is 10.3. The van der Waals surface area contributed by atoms with E-state index in [1.807, 2.05) is 10.9 Å². The van der Waals surface area contributed by atoms with Crippen LogP contribution in [0.5, 0.6) is 0 Å². The first-order valence-electron chi connectivity index (χ1n) is 5.98. The molecule has 0 unspecified atom stereocenters. The molecule has 5 N–H and O–H groups in total. The Kier molecular flexibility index (Phi) is 6.10. The average Bonchev–Trinajstić information content (AvgIpc) is 2.50. The number of carbonyl (C=O) groups is 3. The van der Waals surface area contributed by atoms with Gasteiger partial charge in [-0.3, -0.25) is 20.3 Å². The number of nitrogens with zero attached hydrogens (tertiary/aromatic N) is 1. The van der Waals surface area contributed by atoms with Gasteiger partial charge < -0.3 is 16.0 Å². The predicted octanol–water partition coefficient (Wildman–Crippen LogP) is -0.323. The van der Waals surface area contributed by atoms with E-state index in [0.717, 1.165) is 0 Å². The highest BCUT2D eigenvalue weighted by Gasteiger charge is 2.09. The summed E-state index contributed by atoms with van der Waals surface area (Å²) in [5.41, 5.74) is 4.10. The van der Waals surface area contributed by atoms with Gasteiger partial charge in [-0.2, -0.15) is 0 Å². The number of hydrogen-bond acceptors (Lipinski definition) is 5. The Bertz CT molecular complexity index is 590. The summed E-state index contributed by atoms with van der Waals surface area (Å²) in [6.07, 6.45) is 0. The monoisotopic (exact) mass is 310 g/mol. The number of urea groups is 2. The van der Waals surface area contributed by atoms with Gasteiger partial charge in [0.15, 0.2) is 0 Å². The molecule has 0 fully saturated rings. The summed E-state index contributed by atoms with van der Waals surface area (Å²) in [4.78, 5) is 43.6. The molecule has 22 heavy (non-hydrogen) atoms. The lowest BCUT2D eigenvalue weighted by molar-refractivity contribution is -0.384. The number of carbonyl (C=O) groups excluding carboxylic acids is 3. The molecule has 0 spiro atoms. The third-order valence-electron chi connectivity index (χ3n) is 2.27. The van der Waals surface area contributed by atoms with Crippen molar-refractivity contribution in [1.29, 1.82) is 0 Å². The number of benzene rings is 1. The molecule has 0 bridgehead atoms. The fraction of sp³-hybridized carbons (Fsp3) is 0.182. The smallest absolute Gasteiger partial charge is 0.333 e. The van der Waals surface area contributed by atoms with Gasteiger partial charge in [0.25, 0.3) is 11.6 Å². The number of amides is 5. The SMILES string of the molecule is CNC(=O)NNC(=O)CNC(=O)Nc1cccc([N+](=O)[O-])c1. The molecule has 0 radical (unpaired) electrons. The van der Waals surface area contributed by atoms with Crippen molar-refractivity contribution in [2.75, 3.05) is 18.9 Å². The first-order chi connectivity index (χ1) is 10.4. The van der Waals surface area contributed by atoms with Crippen LogP contribution < -0.4 is 26.8 Å². The lowest BCUT2D eigenvalue weighted by Gasteiger charge is -2.09. The van der Waals surface area contributed by atoms with Crippen LogP contribution in [0.25, 0.3) is 0 Å². The minimum Gasteiger partial charge on any atom is -0.340 e. The molecule has 1 rings (SSSR count). The second-order valence-electron chi connectivity index (χ2n) is 3.87. The maximum atomic E-state index is 11.5. The maximum Gasteiger partial charge on any atom is 0.333 e. The highest BCUT2D eigenvalue weighted by atomic mass is 16.6. The quantitative estimate of drug-likeness (QED) is 0.380. The number of anilines is 1. The second-order valence-corrected chi connectivity index (χ2v) is 3.87. The highest BCUT2D eigenvalue weighted by molar-refractivity contribution is 5.92. The third-order valence-corrected chi connectivity index (χ3v) is 2.27. The Balaban J connectivity index is 2.40. The number of rotatable bonds is 4. The van der Waals surface area contributed by atoms with E-state index in [1.54, 1.807) is 0 Å². The number of nitro benzene ring substituents is 1. The van der Waals surface area contributed by atoms with Gasteiger partial charge in [0.2, 0.25) is 0 Å². The van der Waals surface area contributed by atoms with Gasteiger partial charge in [-0.1, -0.05) is 6.07 Å². The first-order valence-corrected chi connectivity index (χ1v) is 5.98. The Hall–Kier alpha value is -3.37. The number of nitro groups is 1. The van der Waals surface area contributed by atoms with Crippen molar-refractivity contribution >= 4 is 29.3 Å². The van der Waals surface area contributed by atoms with Gasteiger partial charge in [-0.15, -0.1) is 0 Å². The van der Waals surface area contributed by atoms with Crippen LogP contribution in [-0.2, 0) is 4.79 Å². The zero-order valence-corrected chi connectivity index (χ0v) is 11.5. The van der Waals surface area contributed by atoms with Crippen LogP contribution in [0.15, 0.2) is 24.3 Å². The highest BCUT2D eigenvalue weighted by Crippen LogP contribution is 2.16. The lowest BCUT2D eigenvalue weighted by Crippen LogP contribution is -2.49. The topological polar surface area (TPSA) is 155 Å². The molecule has 11 heteroatoms. The molecule has 0 aliphatic heterocycles. The van der Waals surface area contributed by atoms with Crippen molar-refractivity contribution in [2.45, 2.75) is 0 Å². The van der Waals surface area contributed by atoms with Gasteiger partial charge >= 0.3 is 12.1 Å². The zero-order valence-electron chi connectivity index (χ0n) is 11.5. The van der Waals surface area contributed by atoms with Crippen molar-refractivity contribution in [1.82, 2.24) is 21.5 Å². The number of hydrogen-bond donors (Lipinski definition) is 5. The summed E-state index contributed by atoms with van der Waals surface area (Å²) in [7, 11) is 1.37.